The van der Waals surface area contributed by atoms with Crippen molar-refractivity contribution in [3.63, 3.8) is 0 Å². The summed E-state index contributed by atoms with van der Waals surface area (Å²) in [5.41, 5.74) is 0. The first-order valence-corrected chi connectivity index (χ1v) is 8.68. The standard InChI is InChI=1S/C15H29NS/c1-12(2)13-7-4-5-8-14(13)16-11-15(17-3)9-6-10-15/h12-14,16H,4-11H2,1-3H3. The SMILES string of the molecule is CSC1(CNC2CCCCC2C(C)C)CCC1. The molecule has 100 valence electrons. The lowest BCUT2D eigenvalue weighted by molar-refractivity contribution is 0.193. The lowest BCUT2D eigenvalue weighted by atomic mass is 9.77. The van der Waals surface area contributed by atoms with E-state index in [0.29, 0.717) is 4.75 Å². The van der Waals surface area contributed by atoms with E-state index in [9.17, 15) is 0 Å². The number of nitrogens with one attached hydrogen (secondary N) is 1. The molecular weight excluding hydrogens is 226 g/mol. The van der Waals surface area contributed by atoms with Gasteiger partial charge in [-0.2, -0.15) is 11.8 Å². The van der Waals surface area contributed by atoms with Gasteiger partial charge in [-0.15, -0.1) is 0 Å². The van der Waals surface area contributed by atoms with E-state index in [2.05, 4.69) is 37.2 Å². The minimum atomic E-state index is 0.596. The fraction of sp³-hybridized carbons (Fsp3) is 1.00. The molecule has 1 N–H and O–H groups in total. The van der Waals surface area contributed by atoms with Gasteiger partial charge in [-0.05, 0) is 43.8 Å². The van der Waals surface area contributed by atoms with Gasteiger partial charge in [-0.1, -0.05) is 33.1 Å². The summed E-state index contributed by atoms with van der Waals surface area (Å²) in [5.74, 6) is 1.77. The highest BCUT2D eigenvalue weighted by Gasteiger charge is 2.37. The van der Waals surface area contributed by atoms with Crippen molar-refractivity contribution < 1.29 is 0 Å². The normalized spacial score (nSPS) is 32.5. The van der Waals surface area contributed by atoms with Crippen LogP contribution >= 0.6 is 11.8 Å². The molecule has 0 amide bonds. The van der Waals surface area contributed by atoms with E-state index in [1.54, 1.807) is 0 Å². The second kappa shape index (κ2) is 5.97. The van der Waals surface area contributed by atoms with Crippen LogP contribution < -0.4 is 5.32 Å². The van der Waals surface area contributed by atoms with Crippen molar-refractivity contribution in [3.05, 3.63) is 0 Å². The van der Waals surface area contributed by atoms with Crippen molar-refractivity contribution in [2.45, 2.75) is 69.6 Å². The third-order valence-electron chi connectivity index (χ3n) is 5.06. The average Bonchev–Trinajstić information content (AvgIpc) is 2.28. The van der Waals surface area contributed by atoms with Gasteiger partial charge in [0.05, 0.1) is 0 Å². The van der Waals surface area contributed by atoms with Gasteiger partial charge in [0, 0.05) is 17.3 Å². The zero-order chi connectivity index (χ0) is 12.3. The minimum absolute atomic E-state index is 0.596. The summed E-state index contributed by atoms with van der Waals surface area (Å²) in [5, 5.41) is 3.93. The highest BCUT2D eigenvalue weighted by Crippen LogP contribution is 2.42. The average molecular weight is 255 g/mol. The smallest absolute Gasteiger partial charge is 0.0281 e. The van der Waals surface area contributed by atoms with Crippen LogP contribution in [0.15, 0.2) is 0 Å². The summed E-state index contributed by atoms with van der Waals surface area (Å²) in [6, 6.07) is 0.799. The Bertz CT molecular complexity index is 230. The van der Waals surface area contributed by atoms with E-state index < -0.39 is 0 Å². The number of thioether (sulfide) groups is 1. The zero-order valence-corrected chi connectivity index (χ0v) is 12.6. The minimum Gasteiger partial charge on any atom is -0.312 e. The van der Waals surface area contributed by atoms with Crippen molar-refractivity contribution >= 4 is 11.8 Å². The van der Waals surface area contributed by atoms with Crippen molar-refractivity contribution in [2.24, 2.45) is 11.8 Å². The molecular formula is C15H29NS. The van der Waals surface area contributed by atoms with Gasteiger partial charge >= 0.3 is 0 Å². The lowest BCUT2D eigenvalue weighted by Gasteiger charge is -2.43. The lowest BCUT2D eigenvalue weighted by Crippen LogP contribution is -2.50. The number of hydrogen-bond acceptors (Lipinski definition) is 2. The molecule has 0 bridgehead atoms. The molecule has 2 atom stereocenters. The predicted octanol–water partition coefficient (Wildman–Crippen LogP) is 4.08. The van der Waals surface area contributed by atoms with Crippen LogP contribution in [0.2, 0.25) is 0 Å². The fourth-order valence-electron chi connectivity index (χ4n) is 3.55. The molecule has 2 unspecified atom stereocenters. The van der Waals surface area contributed by atoms with Gasteiger partial charge in [0.1, 0.15) is 0 Å². The van der Waals surface area contributed by atoms with Crippen LogP contribution in [0.3, 0.4) is 0 Å². The van der Waals surface area contributed by atoms with Crippen molar-refractivity contribution in [1.29, 1.82) is 0 Å². The largest absolute Gasteiger partial charge is 0.312 e. The number of rotatable bonds is 5. The monoisotopic (exact) mass is 255 g/mol. The van der Waals surface area contributed by atoms with Crippen LogP contribution in [0.5, 0.6) is 0 Å². The Morgan fingerprint density at radius 3 is 2.41 bits per heavy atom. The van der Waals surface area contributed by atoms with E-state index >= 15 is 0 Å². The topological polar surface area (TPSA) is 12.0 Å². The van der Waals surface area contributed by atoms with Crippen LogP contribution in [-0.2, 0) is 0 Å². The second-order valence-electron chi connectivity index (χ2n) is 6.42. The first-order valence-electron chi connectivity index (χ1n) is 7.45. The summed E-state index contributed by atoms with van der Waals surface area (Å²) in [4.78, 5) is 0. The molecule has 0 aliphatic heterocycles. The van der Waals surface area contributed by atoms with Gasteiger partial charge in [-0.25, -0.2) is 0 Å². The Labute approximate surface area is 112 Å². The van der Waals surface area contributed by atoms with E-state index in [0.717, 1.165) is 17.9 Å². The molecule has 0 radical (unpaired) electrons. The summed E-state index contributed by atoms with van der Waals surface area (Å²) >= 11 is 2.09. The first kappa shape index (κ1) is 13.7. The summed E-state index contributed by atoms with van der Waals surface area (Å²) in [7, 11) is 0. The molecule has 2 aliphatic rings. The Morgan fingerprint density at radius 1 is 1.18 bits per heavy atom. The molecule has 0 aromatic carbocycles. The summed E-state index contributed by atoms with van der Waals surface area (Å²) in [6.07, 6.45) is 12.3. The van der Waals surface area contributed by atoms with Gasteiger partial charge in [0.25, 0.3) is 0 Å². The molecule has 2 aliphatic carbocycles. The van der Waals surface area contributed by atoms with E-state index in [-0.39, 0.29) is 0 Å². The first-order chi connectivity index (χ1) is 8.17. The summed E-state index contributed by atoms with van der Waals surface area (Å²) < 4.78 is 0.596. The third kappa shape index (κ3) is 3.20. The summed E-state index contributed by atoms with van der Waals surface area (Å²) in [6.45, 7) is 6.05. The molecule has 2 heteroatoms. The second-order valence-corrected chi connectivity index (χ2v) is 7.69. The van der Waals surface area contributed by atoms with E-state index in [4.69, 9.17) is 0 Å². The van der Waals surface area contributed by atoms with E-state index in [1.807, 2.05) is 0 Å². The molecule has 0 aromatic rings. The maximum absolute atomic E-state index is 3.93. The van der Waals surface area contributed by atoms with Gasteiger partial charge in [0.2, 0.25) is 0 Å². The van der Waals surface area contributed by atoms with Gasteiger partial charge in [-0.3, -0.25) is 0 Å². The molecule has 0 spiro atoms. The highest BCUT2D eigenvalue weighted by molar-refractivity contribution is 8.00. The van der Waals surface area contributed by atoms with Crippen LogP contribution in [0.1, 0.15) is 58.8 Å². The third-order valence-corrected chi connectivity index (χ3v) is 6.48. The maximum atomic E-state index is 3.93. The zero-order valence-electron chi connectivity index (χ0n) is 11.8. The van der Waals surface area contributed by atoms with Gasteiger partial charge < -0.3 is 5.32 Å². The Morgan fingerprint density at radius 2 is 1.88 bits per heavy atom. The van der Waals surface area contributed by atoms with Crippen molar-refractivity contribution in [2.75, 3.05) is 12.8 Å². The maximum Gasteiger partial charge on any atom is 0.0281 e. The highest BCUT2D eigenvalue weighted by atomic mass is 32.2. The van der Waals surface area contributed by atoms with Crippen LogP contribution in [0.4, 0.5) is 0 Å². The quantitative estimate of drug-likeness (QED) is 0.794. The number of hydrogen-bond donors (Lipinski definition) is 1. The molecule has 0 heterocycles. The molecule has 2 saturated carbocycles. The van der Waals surface area contributed by atoms with Crippen LogP contribution in [-0.4, -0.2) is 23.6 Å². The van der Waals surface area contributed by atoms with Gasteiger partial charge in [0.15, 0.2) is 0 Å². The predicted molar refractivity (Wildman–Crippen MR) is 78.7 cm³/mol. The van der Waals surface area contributed by atoms with Crippen LogP contribution in [0, 0.1) is 11.8 Å². The fourth-order valence-corrected chi connectivity index (χ4v) is 4.48. The Kier molecular flexibility index (Phi) is 4.82. The Balaban J connectivity index is 1.83. The van der Waals surface area contributed by atoms with E-state index in [1.165, 1.54) is 51.5 Å². The Hall–Kier alpha value is 0.310. The molecule has 0 aromatic heterocycles. The molecule has 2 rings (SSSR count). The van der Waals surface area contributed by atoms with Crippen molar-refractivity contribution in [1.82, 2.24) is 5.32 Å². The molecule has 2 fully saturated rings. The molecule has 17 heavy (non-hydrogen) atoms. The molecule has 0 saturated heterocycles. The van der Waals surface area contributed by atoms with Crippen molar-refractivity contribution in [3.8, 4) is 0 Å². The van der Waals surface area contributed by atoms with Crippen LogP contribution in [0.25, 0.3) is 0 Å². The molecule has 1 nitrogen and oxygen atoms in total.